The first-order valence-corrected chi connectivity index (χ1v) is 22.3. The molecule has 0 aliphatic heterocycles. The summed E-state index contributed by atoms with van der Waals surface area (Å²) in [4.78, 5) is 2.42. The number of nitrogens with zero attached hydrogens (tertiary/aromatic N) is 2. The third kappa shape index (κ3) is 6.58. The summed E-state index contributed by atoms with van der Waals surface area (Å²) >= 11 is 1.86. The average Bonchev–Trinajstić information content (AvgIpc) is 3.91. The van der Waals surface area contributed by atoms with Crippen LogP contribution in [0.4, 0.5) is 17.1 Å². The molecule has 3 heteroatoms. The molecule has 2 aromatic heterocycles. The number of rotatable bonds is 8. The van der Waals surface area contributed by atoms with E-state index in [4.69, 9.17) is 0 Å². The topological polar surface area (TPSA) is 8.17 Å². The van der Waals surface area contributed by atoms with E-state index in [2.05, 4.69) is 252 Å². The highest BCUT2D eigenvalue weighted by Crippen LogP contribution is 2.45. The van der Waals surface area contributed by atoms with Crippen molar-refractivity contribution in [2.24, 2.45) is 0 Å². The van der Waals surface area contributed by atoms with Crippen molar-refractivity contribution in [2.45, 2.75) is 0 Å². The zero-order valence-electron chi connectivity index (χ0n) is 34.4. The van der Waals surface area contributed by atoms with Gasteiger partial charge in [0.25, 0.3) is 0 Å². The van der Waals surface area contributed by atoms with Crippen LogP contribution >= 0.6 is 11.3 Å². The van der Waals surface area contributed by atoms with Crippen molar-refractivity contribution < 1.29 is 0 Å². The fourth-order valence-electron chi connectivity index (χ4n) is 9.29. The monoisotopic (exact) mass is 820 g/mol. The van der Waals surface area contributed by atoms with Gasteiger partial charge in [0, 0.05) is 43.3 Å². The van der Waals surface area contributed by atoms with E-state index >= 15 is 0 Å². The molecule has 0 N–H and O–H groups in total. The zero-order chi connectivity index (χ0) is 41.7. The second-order valence-electron chi connectivity index (χ2n) is 16.1. The minimum atomic E-state index is 1.11. The molecule has 0 radical (unpaired) electrons. The van der Waals surface area contributed by atoms with Gasteiger partial charge in [-0.25, -0.2) is 0 Å². The number of anilines is 3. The van der Waals surface area contributed by atoms with Crippen LogP contribution in [-0.2, 0) is 0 Å². The van der Waals surface area contributed by atoms with E-state index in [0.717, 1.165) is 17.1 Å². The molecule has 0 fully saturated rings. The summed E-state index contributed by atoms with van der Waals surface area (Å²) in [5, 5.41) is 5.07. The highest BCUT2D eigenvalue weighted by atomic mass is 32.1. The Hall–Kier alpha value is -7.98. The van der Waals surface area contributed by atoms with Crippen molar-refractivity contribution in [3.63, 3.8) is 0 Å². The maximum absolute atomic E-state index is 2.42. The van der Waals surface area contributed by atoms with E-state index in [1.165, 1.54) is 92.2 Å². The molecule has 0 amide bonds. The van der Waals surface area contributed by atoms with Crippen LogP contribution in [0.5, 0.6) is 0 Å². The summed E-state index contributed by atoms with van der Waals surface area (Å²) in [6, 6.07) is 88.3. The summed E-state index contributed by atoms with van der Waals surface area (Å²) in [6.45, 7) is 0. The first-order chi connectivity index (χ1) is 31.2. The van der Waals surface area contributed by atoms with E-state index in [1.807, 2.05) is 11.3 Å². The molecule has 0 spiro atoms. The molecule has 0 aliphatic rings. The fourth-order valence-corrected chi connectivity index (χ4v) is 10.5. The number of aromatic nitrogens is 1. The molecule has 2 nitrogen and oxygen atoms in total. The van der Waals surface area contributed by atoms with Gasteiger partial charge in [0.15, 0.2) is 0 Å². The number of hydrogen-bond acceptors (Lipinski definition) is 2. The Morgan fingerprint density at radius 1 is 0.302 bits per heavy atom. The molecule has 296 valence electrons. The van der Waals surface area contributed by atoms with E-state index in [9.17, 15) is 0 Å². The lowest BCUT2D eigenvalue weighted by molar-refractivity contribution is 1.18. The number of benzene rings is 10. The Labute approximate surface area is 370 Å². The zero-order valence-corrected chi connectivity index (χ0v) is 35.2. The summed E-state index contributed by atoms with van der Waals surface area (Å²) in [5.41, 5.74) is 16.6. The van der Waals surface area contributed by atoms with Crippen LogP contribution in [-0.4, -0.2) is 4.57 Å². The van der Waals surface area contributed by atoms with Gasteiger partial charge in [-0.05, 0) is 111 Å². The third-order valence-electron chi connectivity index (χ3n) is 12.4. The molecule has 63 heavy (non-hydrogen) atoms. The predicted molar refractivity (Wildman–Crippen MR) is 270 cm³/mol. The van der Waals surface area contributed by atoms with Crippen molar-refractivity contribution in [1.82, 2.24) is 4.57 Å². The van der Waals surface area contributed by atoms with Crippen LogP contribution in [0.1, 0.15) is 0 Å². The minimum absolute atomic E-state index is 1.11. The summed E-state index contributed by atoms with van der Waals surface area (Å²) in [6.07, 6.45) is 0. The first kappa shape index (κ1) is 36.8. The van der Waals surface area contributed by atoms with Gasteiger partial charge in [-0.1, -0.05) is 176 Å². The lowest BCUT2D eigenvalue weighted by Gasteiger charge is -2.26. The van der Waals surface area contributed by atoms with Crippen LogP contribution in [0.2, 0.25) is 0 Å². The Bertz CT molecular complexity index is 3570. The Kier molecular flexibility index (Phi) is 9.06. The quantitative estimate of drug-likeness (QED) is 0.148. The van der Waals surface area contributed by atoms with Gasteiger partial charge in [-0.3, -0.25) is 0 Å². The Morgan fingerprint density at radius 3 is 1.37 bits per heavy atom. The van der Waals surface area contributed by atoms with Crippen LogP contribution in [0.15, 0.2) is 243 Å². The summed E-state index contributed by atoms with van der Waals surface area (Å²) in [7, 11) is 0. The normalized spacial score (nSPS) is 11.5. The van der Waals surface area contributed by atoms with Gasteiger partial charge in [0.2, 0.25) is 0 Å². The fraction of sp³-hybridized carbons (Fsp3) is 0. The van der Waals surface area contributed by atoms with Gasteiger partial charge in [-0.15, -0.1) is 11.3 Å². The lowest BCUT2D eigenvalue weighted by Crippen LogP contribution is -2.10. The molecule has 0 unspecified atom stereocenters. The Balaban J connectivity index is 0.918. The van der Waals surface area contributed by atoms with Crippen LogP contribution in [0, 0.1) is 0 Å². The molecule has 0 saturated carbocycles. The van der Waals surface area contributed by atoms with Gasteiger partial charge >= 0.3 is 0 Å². The lowest BCUT2D eigenvalue weighted by atomic mass is 10.00. The van der Waals surface area contributed by atoms with E-state index in [1.54, 1.807) is 0 Å². The van der Waals surface area contributed by atoms with E-state index in [-0.39, 0.29) is 0 Å². The highest BCUT2D eigenvalue weighted by molar-refractivity contribution is 7.26. The standard InChI is InChI=1S/C60H40N2S/c1-3-12-41(13-4-1)43-22-24-44(25-23-43)46-26-33-49(34-27-46)61(58-20-11-18-54-53-17-8-10-21-59(53)63-60(54)58)50-35-30-47(31-36-50)48-32-39-57-55(40-48)52-16-7-9-19-56(52)62(57)51-37-28-45(29-38-51)42-14-5-2-6-15-42/h1-40H. The maximum atomic E-state index is 2.42. The van der Waals surface area contributed by atoms with Crippen molar-refractivity contribution in [3.05, 3.63) is 243 Å². The molecular formula is C60H40N2S. The molecule has 0 bridgehead atoms. The Morgan fingerprint density at radius 2 is 0.746 bits per heavy atom. The van der Waals surface area contributed by atoms with Gasteiger partial charge < -0.3 is 9.47 Å². The highest BCUT2D eigenvalue weighted by Gasteiger charge is 2.19. The summed E-state index contributed by atoms with van der Waals surface area (Å²) < 4.78 is 4.97. The van der Waals surface area contributed by atoms with Gasteiger partial charge in [0.05, 0.1) is 21.4 Å². The van der Waals surface area contributed by atoms with Crippen molar-refractivity contribution >= 4 is 70.4 Å². The largest absolute Gasteiger partial charge is 0.309 e. The maximum Gasteiger partial charge on any atom is 0.0640 e. The molecule has 0 aliphatic carbocycles. The molecule has 0 atom stereocenters. The molecule has 12 rings (SSSR count). The van der Waals surface area contributed by atoms with Gasteiger partial charge in [-0.2, -0.15) is 0 Å². The predicted octanol–water partition coefficient (Wildman–Crippen LogP) is 17.3. The van der Waals surface area contributed by atoms with Crippen LogP contribution in [0.25, 0.3) is 92.2 Å². The molecule has 0 saturated heterocycles. The number of fused-ring (bicyclic) bond motifs is 6. The van der Waals surface area contributed by atoms with Gasteiger partial charge in [0.1, 0.15) is 0 Å². The van der Waals surface area contributed by atoms with Crippen LogP contribution in [0.3, 0.4) is 0 Å². The number of hydrogen-bond donors (Lipinski definition) is 0. The molecule has 2 heterocycles. The molecule has 10 aromatic carbocycles. The van der Waals surface area contributed by atoms with E-state index < -0.39 is 0 Å². The second-order valence-corrected chi connectivity index (χ2v) is 17.2. The second kappa shape index (κ2) is 15.5. The molecule has 12 aromatic rings. The number of thiophene rings is 1. The van der Waals surface area contributed by atoms with E-state index in [0.29, 0.717) is 0 Å². The van der Waals surface area contributed by atoms with Crippen molar-refractivity contribution in [3.8, 4) is 50.2 Å². The summed E-state index contributed by atoms with van der Waals surface area (Å²) in [5.74, 6) is 0. The number of para-hydroxylation sites is 1. The minimum Gasteiger partial charge on any atom is -0.309 e. The first-order valence-electron chi connectivity index (χ1n) is 21.5. The smallest absolute Gasteiger partial charge is 0.0640 e. The average molecular weight is 821 g/mol. The van der Waals surface area contributed by atoms with Crippen LogP contribution < -0.4 is 4.90 Å². The van der Waals surface area contributed by atoms with Crippen molar-refractivity contribution in [1.29, 1.82) is 0 Å². The third-order valence-corrected chi connectivity index (χ3v) is 13.6. The SMILES string of the molecule is c1ccc(-c2ccc(-c3ccc(N(c4ccc(-c5ccc6c(c5)c5ccccc5n6-c5ccc(-c6ccccc6)cc5)cc4)c4cccc5c4sc4ccccc45)cc3)cc2)cc1. The van der Waals surface area contributed by atoms with Crippen molar-refractivity contribution in [2.75, 3.05) is 4.90 Å². The molecular weight excluding hydrogens is 781 g/mol.